The van der Waals surface area contributed by atoms with Gasteiger partial charge in [-0.05, 0) is 27.7 Å². The first-order valence-corrected chi connectivity index (χ1v) is 16.4. The fourth-order valence-electron chi connectivity index (χ4n) is 4.09. The molecule has 0 aliphatic heterocycles. The molecular formula is C24H54O4Si2. The number of ether oxygens (including phenoxy) is 4. The number of rotatable bonds is 24. The van der Waals surface area contributed by atoms with Gasteiger partial charge in [0.25, 0.3) is 0 Å². The summed E-state index contributed by atoms with van der Waals surface area (Å²) >= 11 is 0. The molecule has 0 amide bonds. The Labute approximate surface area is 193 Å². The minimum absolute atomic E-state index is 0.0640. The molecule has 182 valence electrons. The Kier molecular flexibility index (Phi) is 24.1. The van der Waals surface area contributed by atoms with Crippen LogP contribution < -0.4 is 0 Å². The highest BCUT2D eigenvalue weighted by molar-refractivity contribution is 6.59. The third kappa shape index (κ3) is 19.0. The van der Waals surface area contributed by atoms with Crippen molar-refractivity contribution in [2.75, 3.05) is 26.4 Å². The van der Waals surface area contributed by atoms with Crippen LogP contribution >= 0.6 is 0 Å². The Morgan fingerprint density at radius 3 is 1.13 bits per heavy atom. The van der Waals surface area contributed by atoms with Crippen molar-refractivity contribution in [2.24, 2.45) is 0 Å². The SMILES string of the molecule is CCCCCCCCCCCCCC([SiH2]C(OCC)OCC)[SiH2]C(OCC)OCC. The van der Waals surface area contributed by atoms with Crippen LogP contribution in [-0.4, -0.2) is 57.3 Å². The molecule has 6 heteroatoms. The second-order valence-electron chi connectivity index (χ2n) is 8.34. The van der Waals surface area contributed by atoms with Crippen LogP contribution in [0.5, 0.6) is 0 Å². The summed E-state index contributed by atoms with van der Waals surface area (Å²) in [5.74, 6) is 0.128. The van der Waals surface area contributed by atoms with Crippen molar-refractivity contribution in [1.29, 1.82) is 0 Å². The number of hydrogen-bond donors (Lipinski definition) is 0. The molecule has 0 aromatic rings. The highest BCUT2D eigenvalue weighted by atomic mass is 28.3. The zero-order valence-electron chi connectivity index (χ0n) is 21.1. The van der Waals surface area contributed by atoms with E-state index in [1.807, 2.05) is 0 Å². The van der Waals surface area contributed by atoms with Gasteiger partial charge in [0.2, 0.25) is 0 Å². The summed E-state index contributed by atoms with van der Waals surface area (Å²) < 4.78 is 23.6. The topological polar surface area (TPSA) is 36.9 Å². The van der Waals surface area contributed by atoms with Crippen LogP contribution in [-0.2, 0) is 18.9 Å². The van der Waals surface area contributed by atoms with Gasteiger partial charge in [-0.3, -0.25) is 0 Å². The Morgan fingerprint density at radius 1 is 0.467 bits per heavy atom. The molecule has 0 saturated heterocycles. The van der Waals surface area contributed by atoms with Gasteiger partial charge in [-0.2, -0.15) is 0 Å². The molecule has 0 heterocycles. The predicted molar refractivity (Wildman–Crippen MR) is 136 cm³/mol. The number of hydrogen-bond acceptors (Lipinski definition) is 4. The molecule has 30 heavy (non-hydrogen) atoms. The van der Waals surface area contributed by atoms with Crippen molar-refractivity contribution < 1.29 is 18.9 Å². The summed E-state index contributed by atoms with van der Waals surface area (Å²) in [5, 5.41) is 0.787. The molecule has 0 rings (SSSR count). The van der Waals surface area contributed by atoms with E-state index in [4.69, 9.17) is 18.9 Å². The zero-order chi connectivity index (χ0) is 22.3. The van der Waals surface area contributed by atoms with E-state index in [-0.39, 0.29) is 11.8 Å². The smallest absolute Gasteiger partial charge is 0.134 e. The average Bonchev–Trinajstić information content (AvgIpc) is 2.72. The number of unbranched alkanes of at least 4 members (excludes halogenated alkanes) is 10. The fraction of sp³-hybridized carbons (Fsp3) is 1.00. The molecule has 0 aliphatic rings. The van der Waals surface area contributed by atoms with Gasteiger partial charge in [-0.15, -0.1) is 0 Å². The van der Waals surface area contributed by atoms with Gasteiger partial charge < -0.3 is 18.9 Å². The Hall–Kier alpha value is 0.274. The normalized spacial score (nSPS) is 13.7. The van der Waals surface area contributed by atoms with Gasteiger partial charge in [0.1, 0.15) is 11.8 Å². The molecule has 0 N–H and O–H groups in total. The Balaban J connectivity index is 4.22. The molecule has 0 spiro atoms. The summed E-state index contributed by atoms with van der Waals surface area (Å²) in [6.07, 6.45) is 16.8. The third-order valence-corrected chi connectivity index (χ3v) is 11.5. The van der Waals surface area contributed by atoms with E-state index in [0.717, 1.165) is 31.6 Å². The Bertz CT molecular complexity index is 304. The third-order valence-electron chi connectivity index (χ3n) is 5.68. The second kappa shape index (κ2) is 23.9. The van der Waals surface area contributed by atoms with Crippen LogP contribution in [0.3, 0.4) is 0 Å². The highest BCUT2D eigenvalue weighted by Gasteiger charge is 2.23. The average molecular weight is 463 g/mol. The monoisotopic (exact) mass is 462 g/mol. The maximum atomic E-state index is 5.90. The lowest BCUT2D eigenvalue weighted by Gasteiger charge is -2.26. The van der Waals surface area contributed by atoms with Crippen molar-refractivity contribution in [3.8, 4) is 0 Å². The molecular weight excluding hydrogens is 408 g/mol. The van der Waals surface area contributed by atoms with Crippen molar-refractivity contribution in [1.82, 2.24) is 0 Å². The lowest BCUT2D eigenvalue weighted by molar-refractivity contribution is -0.0856. The van der Waals surface area contributed by atoms with E-state index in [2.05, 4.69) is 34.6 Å². The molecule has 4 nitrogen and oxygen atoms in total. The van der Waals surface area contributed by atoms with Crippen molar-refractivity contribution in [3.63, 3.8) is 0 Å². The lowest BCUT2D eigenvalue weighted by Crippen LogP contribution is -2.36. The van der Waals surface area contributed by atoms with Gasteiger partial charge in [0.05, 0.1) is 19.0 Å². The van der Waals surface area contributed by atoms with Crippen molar-refractivity contribution >= 4 is 19.0 Å². The van der Waals surface area contributed by atoms with Gasteiger partial charge in [0, 0.05) is 26.4 Å². The molecule has 0 unspecified atom stereocenters. The highest BCUT2D eigenvalue weighted by Crippen LogP contribution is 2.20. The first-order chi connectivity index (χ1) is 14.7. The molecule has 0 aliphatic carbocycles. The Morgan fingerprint density at radius 2 is 0.800 bits per heavy atom. The molecule has 0 radical (unpaired) electrons. The van der Waals surface area contributed by atoms with Crippen LogP contribution in [0.15, 0.2) is 0 Å². The quantitative estimate of drug-likeness (QED) is 0.108. The van der Waals surface area contributed by atoms with E-state index in [0.29, 0.717) is 0 Å². The molecule has 0 aromatic heterocycles. The molecule has 0 saturated carbocycles. The summed E-state index contributed by atoms with van der Waals surface area (Å²) in [6, 6.07) is 0. The van der Waals surface area contributed by atoms with E-state index in [1.165, 1.54) is 77.0 Å². The maximum Gasteiger partial charge on any atom is 0.134 e. The van der Waals surface area contributed by atoms with Crippen LogP contribution in [0.1, 0.15) is 112 Å². The first-order valence-electron chi connectivity index (χ1n) is 13.2. The minimum Gasteiger partial charge on any atom is -0.357 e. The fourth-order valence-corrected chi connectivity index (χ4v) is 10.1. The molecule has 0 bridgehead atoms. The predicted octanol–water partition coefficient (Wildman–Crippen LogP) is 5.48. The summed E-state index contributed by atoms with van der Waals surface area (Å²) in [5.41, 5.74) is 0. The standard InChI is InChI=1S/C24H54O4Si2/c1-6-11-12-13-14-15-16-17-18-19-20-21-22(29-23(25-7-2)26-8-3)30-24(27-9-4)28-10-5/h22-24H,6-21,29-30H2,1-5H3. The summed E-state index contributed by atoms with van der Waals surface area (Å²) in [7, 11) is -0.921. The first kappa shape index (κ1) is 30.3. The van der Waals surface area contributed by atoms with Gasteiger partial charge in [0.15, 0.2) is 0 Å². The maximum absolute atomic E-state index is 5.90. The van der Waals surface area contributed by atoms with Gasteiger partial charge >= 0.3 is 0 Å². The molecule has 0 aromatic carbocycles. The van der Waals surface area contributed by atoms with E-state index in [1.54, 1.807) is 0 Å². The summed E-state index contributed by atoms with van der Waals surface area (Å²) in [6.45, 7) is 13.5. The van der Waals surface area contributed by atoms with E-state index in [9.17, 15) is 0 Å². The van der Waals surface area contributed by atoms with E-state index < -0.39 is 19.0 Å². The summed E-state index contributed by atoms with van der Waals surface area (Å²) in [4.78, 5) is 0. The van der Waals surface area contributed by atoms with Crippen LogP contribution in [0, 0.1) is 0 Å². The minimum atomic E-state index is -0.460. The molecule has 0 fully saturated rings. The van der Waals surface area contributed by atoms with Crippen LogP contribution in [0.4, 0.5) is 0 Å². The van der Waals surface area contributed by atoms with Gasteiger partial charge in [-0.1, -0.05) is 89.1 Å². The lowest BCUT2D eigenvalue weighted by atomic mass is 10.1. The van der Waals surface area contributed by atoms with Gasteiger partial charge in [-0.25, -0.2) is 0 Å². The van der Waals surface area contributed by atoms with Crippen molar-refractivity contribution in [3.05, 3.63) is 0 Å². The molecule has 0 atom stereocenters. The second-order valence-corrected chi connectivity index (χ2v) is 14.1. The largest absolute Gasteiger partial charge is 0.357 e. The van der Waals surface area contributed by atoms with E-state index >= 15 is 0 Å². The van der Waals surface area contributed by atoms with Crippen LogP contribution in [0.2, 0.25) is 5.16 Å². The zero-order valence-corrected chi connectivity index (χ0v) is 23.9. The van der Waals surface area contributed by atoms with Crippen LogP contribution in [0.25, 0.3) is 0 Å². The van der Waals surface area contributed by atoms with Crippen molar-refractivity contribution in [2.45, 2.75) is 129 Å².